The average Bonchev–Trinajstić information content (AvgIpc) is 3.07. The van der Waals surface area contributed by atoms with Gasteiger partial charge in [0, 0.05) is 24.2 Å². The molecular weight excluding hydrogens is 354 g/mol. The van der Waals surface area contributed by atoms with Gasteiger partial charge in [-0.15, -0.1) is 0 Å². The van der Waals surface area contributed by atoms with Crippen LogP contribution in [0.3, 0.4) is 0 Å². The molecule has 3 rings (SSSR count). The second kappa shape index (κ2) is 8.38. The van der Waals surface area contributed by atoms with Crippen molar-refractivity contribution in [2.24, 2.45) is 5.92 Å². The maximum atomic E-state index is 12.7. The van der Waals surface area contributed by atoms with E-state index in [1.165, 1.54) is 0 Å². The Bertz CT molecular complexity index is 891. The van der Waals surface area contributed by atoms with E-state index >= 15 is 0 Å². The van der Waals surface area contributed by atoms with Crippen LogP contribution in [-0.4, -0.2) is 30.3 Å². The number of ether oxygens (including phenoxy) is 1. The molecule has 1 heterocycles. The molecule has 1 amide bonds. The Kier molecular flexibility index (Phi) is 5.93. The summed E-state index contributed by atoms with van der Waals surface area (Å²) in [5, 5.41) is 0. The number of rotatable bonds is 6. The number of hydrogen-bond acceptors (Lipinski definition) is 4. The first kappa shape index (κ1) is 19.8. The Morgan fingerprint density at radius 3 is 2.50 bits per heavy atom. The monoisotopic (exact) mass is 379 g/mol. The molecule has 0 bridgehead atoms. The van der Waals surface area contributed by atoms with Gasteiger partial charge < -0.3 is 9.64 Å². The van der Waals surface area contributed by atoms with Crippen molar-refractivity contribution in [2.75, 3.05) is 11.4 Å². The molecule has 2 aromatic carbocycles. The molecule has 0 radical (unpaired) electrons. The molecule has 28 heavy (non-hydrogen) atoms. The topological polar surface area (TPSA) is 63.7 Å². The molecule has 0 aromatic heterocycles. The van der Waals surface area contributed by atoms with Gasteiger partial charge in [0.05, 0.1) is 5.92 Å². The minimum atomic E-state index is -0.833. The van der Waals surface area contributed by atoms with Crippen LogP contribution >= 0.6 is 0 Å². The molecular formula is C23H25NO4. The number of nitrogens with zero attached hydrogens (tertiary/aromatic N) is 1. The van der Waals surface area contributed by atoms with Gasteiger partial charge in [0.15, 0.2) is 6.10 Å². The number of amides is 1. The minimum Gasteiger partial charge on any atom is -0.454 e. The lowest BCUT2D eigenvalue weighted by molar-refractivity contribution is -0.151. The zero-order valence-electron chi connectivity index (χ0n) is 16.5. The molecule has 2 aromatic rings. The van der Waals surface area contributed by atoms with Crippen molar-refractivity contribution in [1.82, 2.24) is 0 Å². The zero-order valence-corrected chi connectivity index (χ0v) is 16.5. The Morgan fingerprint density at radius 1 is 1.14 bits per heavy atom. The fraction of sp³-hybridized carbons (Fsp3) is 0.348. The predicted molar refractivity (Wildman–Crippen MR) is 107 cm³/mol. The van der Waals surface area contributed by atoms with E-state index in [1.807, 2.05) is 38.1 Å². The second-order valence-electron chi connectivity index (χ2n) is 7.26. The third-order valence-electron chi connectivity index (χ3n) is 5.08. The fourth-order valence-electron chi connectivity index (χ4n) is 3.55. The number of ketones is 1. The van der Waals surface area contributed by atoms with Crippen LogP contribution in [-0.2, 0) is 14.3 Å². The van der Waals surface area contributed by atoms with Gasteiger partial charge in [0.25, 0.3) is 0 Å². The lowest BCUT2D eigenvalue weighted by Gasteiger charge is -2.20. The Balaban J connectivity index is 1.69. The number of aryl methyl sites for hydroxylation is 2. The van der Waals surface area contributed by atoms with Gasteiger partial charge in [-0.3, -0.25) is 14.4 Å². The first-order chi connectivity index (χ1) is 13.4. The summed E-state index contributed by atoms with van der Waals surface area (Å²) in [7, 11) is 0. The molecule has 2 atom stereocenters. The number of esters is 1. The third kappa shape index (κ3) is 4.14. The Morgan fingerprint density at radius 2 is 1.86 bits per heavy atom. The number of hydrogen-bond donors (Lipinski definition) is 0. The highest BCUT2D eigenvalue weighted by atomic mass is 16.5. The lowest BCUT2D eigenvalue weighted by atomic mass is 10.0. The van der Waals surface area contributed by atoms with E-state index in [0.717, 1.165) is 16.8 Å². The summed E-state index contributed by atoms with van der Waals surface area (Å²) >= 11 is 0. The van der Waals surface area contributed by atoms with Crippen molar-refractivity contribution in [3.63, 3.8) is 0 Å². The van der Waals surface area contributed by atoms with Crippen molar-refractivity contribution in [3.05, 3.63) is 65.2 Å². The summed E-state index contributed by atoms with van der Waals surface area (Å²) in [6, 6.07) is 14.7. The number of anilines is 1. The molecule has 0 N–H and O–H groups in total. The highest BCUT2D eigenvalue weighted by molar-refractivity contribution is 6.02. The van der Waals surface area contributed by atoms with Gasteiger partial charge >= 0.3 is 5.97 Å². The largest absolute Gasteiger partial charge is 0.454 e. The SMILES string of the molecule is CC[C@@H](OC(=O)[C@@H]1CC(=O)N(c2ccc(C)cc2C)C1)C(=O)c1ccccc1. The van der Waals surface area contributed by atoms with Crippen molar-refractivity contribution < 1.29 is 19.1 Å². The normalized spacial score (nSPS) is 17.5. The van der Waals surface area contributed by atoms with E-state index in [1.54, 1.807) is 36.1 Å². The van der Waals surface area contributed by atoms with Crippen LogP contribution in [0.2, 0.25) is 0 Å². The van der Waals surface area contributed by atoms with Gasteiger partial charge in [0.2, 0.25) is 11.7 Å². The van der Waals surface area contributed by atoms with Crippen molar-refractivity contribution in [3.8, 4) is 0 Å². The quantitative estimate of drug-likeness (QED) is 0.565. The highest BCUT2D eigenvalue weighted by Gasteiger charge is 2.38. The Labute approximate surface area is 165 Å². The van der Waals surface area contributed by atoms with E-state index < -0.39 is 18.0 Å². The molecule has 1 fully saturated rings. The third-order valence-corrected chi connectivity index (χ3v) is 5.08. The molecule has 0 aliphatic carbocycles. The van der Waals surface area contributed by atoms with Gasteiger partial charge in [-0.1, -0.05) is 55.0 Å². The van der Waals surface area contributed by atoms with Crippen LogP contribution in [0.25, 0.3) is 0 Å². The van der Waals surface area contributed by atoms with Gasteiger partial charge in [-0.25, -0.2) is 0 Å². The second-order valence-corrected chi connectivity index (χ2v) is 7.26. The molecule has 1 saturated heterocycles. The van der Waals surface area contributed by atoms with Gasteiger partial charge in [-0.05, 0) is 31.9 Å². The molecule has 0 spiro atoms. The lowest BCUT2D eigenvalue weighted by Crippen LogP contribution is -2.32. The van der Waals surface area contributed by atoms with Crippen LogP contribution < -0.4 is 4.90 Å². The summed E-state index contributed by atoms with van der Waals surface area (Å²) < 4.78 is 5.51. The summed E-state index contributed by atoms with van der Waals surface area (Å²) in [6.45, 7) is 6.03. The molecule has 5 heteroatoms. The number of carbonyl (C=O) groups excluding carboxylic acids is 3. The molecule has 1 aliphatic rings. The summed E-state index contributed by atoms with van der Waals surface area (Å²) in [5.41, 5.74) is 3.45. The number of Topliss-reactive ketones (excluding diaryl/α,β-unsaturated/α-hetero) is 1. The standard InChI is InChI=1S/C23H25NO4/c1-4-20(22(26)17-8-6-5-7-9-17)28-23(27)18-13-21(25)24(14-18)19-11-10-15(2)12-16(19)3/h5-12,18,20H,4,13-14H2,1-3H3/t18-,20-/m1/s1. The van der Waals surface area contributed by atoms with Crippen LogP contribution in [0.1, 0.15) is 41.3 Å². The molecule has 1 aliphatic heterocycles. The van der Waals surface area contributed by atoms with Gasteiger partial charge in [-0.2, -0.15) is 0 Å². The van der Waals surface area contributed by atoms with Crippen LogP contribution in [0.15, 0.2) is 48.5 Å². The number of carbonyl (C=O) groups is 3. The van der Waals surface area contributed by atoms with Gasteiger partial charge in [0.1, 0.15) is 0 Å². The minimum absolute atomic E-state index is 0.0993. The fourth-order valence-corrected chi connectivity index (χ4v) is 3.55. The summed E-state index contributed by atoms with van der Waals surface area (Å²) in [6.07, 6.45) is -0.344. The summed E-state index contributed by atoms with van der Waals surface area (Å²) in [4.78, 5) is 39.4. The van der Waals surface area contributed by atoms with E-state index in [-0.39, 0.29) is 24.7 Å². The zero-order chi connectivity index (χ0) is 20.3. The first-order valence-electron chi connectivity index (χ1n) is 9.58. The average molecular weight is 379 g/mol. The summed E-state index contributed by atoms with van der Waals surface area (Å²) in [5.74, 6) is -1.37. The predicted octanol–water partition coefficient (Wildman–Crippen LogP) is 3.86. The van der Waals surface area contributed by atoms with Crippen molar-refractivity contribution in [1.29, 1.82) is 0 Å². The van der Waals surface area contributed by atoms with E-state index in [9.17, 15) is 14.4 Å². The van der Waals surface area contributed by atoms with Crippen LogP contribution in [0.4, 0.5) is 5.69 Å². The maximum absolute atomic E-state index is 12.7. The highest BCUT2D eigenvalue weighted by Crippen LogP contribution is 2.29. The van der Waals surface area contributed by atoms with Crippen LogP contribution in [0.5, 0.6) is 0 Å². The first-order valence-corrected chi connectivity index (χ1v) is 9.58. The molecule has 0 saturated carbocycles. The smallest absolute Gasteiger partial charge is 0.312 e. The molecule has 0 unspecified atom stereocenters. The Hall–Kier alpha value is -2.95. The molecule has 146 valence electrons. The van der Waals surface area contributed by atoms with Crippen molar-refractivity contribution in [2.45, 2.75) is 39.7 Å². The van der Waals surface area contributed by atoms with Crippen LogP contribution in [0, 0.1) is 19.8 Å². The number of benzene rings is 2. The molecule has 5 nitrogen and oxygen atoms in total. The van der Waals surface area contributed by atoms with E-state index in [4.69, 9.17) is 4.74 Å². The van der Waals surface area contributed by atoms with E-state index in [0.29, 0.717) is 12.0 Å². The van der Waals surface area contributed by atoms with Crippen molar-refractivity contribution >= 4 is 23.3 Å². The van der Waals surface area contributed by atoms with E-state index in [2.05, 4.69) is 0 Å². The maximum Gasteiger partial charge on any atom is 0.312 e.